The van der Waals surface area contributed by atoms with Crippen LogP contribution in [-0.2, 0) is 4.79 Å². The summed E-state index contributed by atoms with van der Waals surface area (Å²) in [6.07, 6.45) is 6.52. The Morgan fingerprint density at radius 1 is 1.37 bits per heavy atom. The number of carbonyl (C=O) groups is 1. The number of rotatable bonds is 4. The van der Waals surface area contributed by atoms with Crippen LogP contribution in [0, 0.1) is 10.8 Å². The van der Waals surface area contributed by atoms with Crippen molar-refractivity contribution in [1.82, 2.24) is 4.90 Å². The van der Waals surface area contributed by atoms with Crippen molar-refractivity contribution in [2.45, 2.75) is 78.3 Å². The van der Waals surface area contributed by atoms with Crippen LogP contribution < -0.4 is 5.73 Å². The fraction of sp³-hybridized carbons (Fsp3) is 0.938. The number of likely N-dealkylation sites (tertiary alicyclic amines) is 1. The Labute approximate surface area is 117 Å². The Morgan fingerprint density at radius 3 is 2.68 bits per heavy atom. The van der Waals surface area contributed by atoms with Crippen molar-refractivity contribution in [1.29, 1.82) is 0 Å². The van der Waals surface area contributed by atoms with E-state index in [1.807, 2.05) is 0 Å². The molecule has 1 saturated carbocycles. The van der Waals surface area contributed by atoms with Gasteiger partial charge in [0.15, 0.2) is 0 Å². The highest BCUT2D eigenvalue weighted by Gasteiger charge is 2.51. The molecule has 2 aliphatic rings. The Morgan fingerprint density at radius 2 is 2.05 bits per heavy atom. The zero-order valence-corrected chi connectivity index (χ0v) is 13.0. The lowest BCUT2D eigenvalue weighted by Crippen LogP contribution is -2.46. The number of amides is 1. The average Bonchev–Trinajstić information content (AvgIpc) is 2.54. The monoisotopic (exact) mass is 266 g/mol. The van der Waals surface area contributed by atoms with Gasteiger partial charge in [0.25, 0.3) is 0 Å². The number of fused-ring (bicyclic) bond motifs is 2. The van der Waals surface area contributed by atoms with Crippen molar-refractivity contribution >= 4 is 5.91 Å². The van der Waals surface area contributed by atoms with Crippen LogP contribution in [0.1, 0.15) is 66.2 Å². The highest BCUT2D eigenvalue weighted by Crippen LogP contribution is 2.52. The van der Waals surface area contributed by atoms with Crippen molar-refractivity contribution < 1.29 is 4.79 Å². The quantitative estimate of drug-likeness (QED) is 0.850. The van der Waals surface area contributed by atoms with E-state index in [0.29, 0.717) is 16.9 Å². The summed E-state index contributed by atoms with van der Waals surface area (Å²) in [5, 5.41) is 0. The summed E-state index contributed by atoms with van der Waals surface area (Å²) in [5.41, 5.74) is 6.76. The molecule has 0 spiro atoms. The van der Waals surface area contributed by atoms with Gasteiger partial charge in [-0.15, -0.1) is 0 Å². The Balaban J connectivity index is 2.05. The summed E-state index contributed by atoms with van der Waals surface area (Å²) in [6, 6.07) is 0.139. The van der Waals surface area contributed by atoms with Crippen LogP contribution >= 0.6 is 0 Å². The molecule has 2 fully saturated rings. The lowest BCUT2D eigenvalue weighted by Gasteiger charge is -2.39. The summed E-state index contributed by atoms with van der Waals surface area (Å²) in [6.45, 7) is 10.1. The summed E-state index contributed by atoms with van der Waals surface area (Å²) < 4.78 is 0. The Hall–Kier alpha value is -0.570. The van der Waals surface area contributed by atoms with Gasteiger partial charge in [0.1, 0.15) is 0 Å². The molecule has 0 aromatic rings. The highest BCUT2D eigenvalue weighted by atomic mass is 16.2. The number of unbranched alkanes of at least 4 members (excludes halogenated alkanes) is 1. The summed E-state index contributed by atoms with van der Waals surface area (Å²) in [5.74, 6) is 0.194. The zero-order chi connectivity index (χ0) is 14.3. The van der Waals surface area contributed by atoms with Gasteiger partial charge >= 0.3 is 0 Å². The van der Waals surface area contributed by atoms with Crippen molar-refractivity contribution in [2.75, 3.05) is 6.54 Å². The molecule has 1 aliphatic heterocycles. The van der Waals surface area contributed by atoms with Crippen LogP contribution in [0.2, 0.25) is 0 Å². The summed E-state index contributed by atoms with van der Waals surface area (Å²) >= 11 is 0. The van der Waals surface area contributed by atoms with Crippen LogP contribution in [0.5, 0.6) is 0 Å². The second-order valence-electron chi connectivity index (χ2n) is 7.93. The van der Waals surface area contributed by atoms with Gasteiger partial charge in [0.05, 0.1) is 6.04 Å². The predicted octanol–water partition coefficient (Wildman–Crippen LogP) is 2.93. The standard InChI is InChI=1S/C16H30N2O/c1-5-6-7-13(17)14(19)18-11-16(4)9-12(18)8-15(2,3)10-16/h12-13H,5-11,17H2,1-4H3. The normalized spacial score (nSPS) is 34.4. The molecule has 0 aromatic heterocycles. The van der Waals surface area contributed by atoms with Crippen molar-refractivity contribution in [3.63, 3.8) is 0 Å². The molecule has 1 saturated heterocycles. The van der Waals surface area contributed by atoms with Crippen LogP contribution in [0.3, 0.4) is 0 Å². The fourth-order valence-electron chi connectivity index (χ4n) is 4.48. The molecule has 0 radical (unpaired) electrons. The number of nitrogens with two attached hydrogens (primary N) is 1. The summed E-state index contributed by atoms with van der Waals surface area (Å²) in [7, 11) is 0. The number of nitrogens with zero attached hydrogens (tertiary/aromatic N) is 1. The van der Waals surface area contributed by atoms with Crippen molar-refractivity contribution in [3.8, 4) is 0 Å². The van der Waals surface area contributed by atoms with Crippen molar-refractivity contribution in [3.05, 3.63) is 0 Å². The molecule has 3 nitrogen and oxygen atoms in total. The van der Waals surface area contributed by atoms with Gasteiger partial charge in [-0.25, -0.2) is 0 Å². The van der Waals surface area contributed by atoms with Crippen LogP contribution in [-0.4, -0.2) is 29.4 Å². The first-order valence-corrected chi connectivity index (χ1v) is 7.82. The molecule has 3 atom stereocenters. The molecular weight excluding hydrogens is 236 g/mol. The first-order valence-electron chi connectivity index (χ1n) is 7.82. The van der Waals surface area contributed by atoms with E-state index in [9.17, 15) is 4.79 Å². The van der Waals surface area contributed by atoms with E-state index in [1.165, 1.54) is 12.8 Å². The van der Waals surface area contributed by atoms with Gasteiger partial charge in [-0.1, -0.05) is 40.5 Å². The number of hydrogen-bond donors (Lipinski definition) is 1. The Kier molecular flexibility index (Phi) is 3.97. The highest BCUT2D eigenvalue weighted by molar-refractivity contribution is 5.82. The number of carbonyl (C=O) groups excluding carboxylic acids is 1. The first kappa shape index (κ1) is 14.8. The largest absolute Gasteiger partial charge is 0.338 e. The van der Waals surface area contributed by atoms with E-state index in [0.717, 1.165) is 32.2 Å². The minimum absolute atomic E-state index is 0.194. The van der Waals surface area contributed by atoms with Gasteiger partial charge in [0.2, 0.25) is 5.91 Å². The summed E-state index contributed by atoms with van der Waals surface area (Å²) in [4.78, 5) is 14.7. The van der Waals surface area contributed by atoms with Gasteiger partial charge in [0, 0.05) is 12.6 Å². The maximum Gasteiger partial charge on any atom is 0.239 e. The van der Waals surface area contributed by atoms with Crippen molar-refractivity contribution in [2.24, 2.45) is 16.6 Å². The van der Waals surface area contributed by atoms with E-state index in [2.05, 4.69) is 32.6 Å². The minimum Gasteiger partial charge on any atom is -0.338 e. The molecule has 2 N–H and O–H groups in total. The third kappa shape index (κ3) is 3.13. The smallest absolute Gasteiger partial charge is 0.239 e. The number of hydrogen-bond acceptors (Lipinski definition) is 2. The van der Waals surface area contributed by atoms with E-state index in [4.69, 9.17) is 5.73 Å². The molecule has 1 aliphatic carbocycles. The van der Waals surface area contributed by atoms with Crippen LogP contribution in [0.25, 0.3) is 0 Å². The predicted molar refractivity (Wildman–Crippen MR) is 78.7 cm³/mol. The molecule has 2 rings (SSSR count). The maximum atomic E-state index is 12.5. The maximum absolute atomic E-state index is 12.5. The van der Waals surface area contributed by atoms with Crippen LogP contribution in [0.4, 0.5) is 0 Å². The van der Waals surface area contributed by atoms with Gasteiger partial charge in [-0.3, -0.25) is 4.79 Å². The molecular formula is C16H30N2O. The fourth-order valence-corrected chi connectivity index (χ4v) is 4.48. The van der Waals surface area contributed by atoms with E-state index >= 15 is 0 Å². The molecule has 3 heteroatoms. The molecule has 3 unspecified atom stereocenters. The minimum atomic E-state index is -0.286. The second kappa shape index (κ2) is 5.08. The average molecular weight is 266 g/mol. The first-order chi connectivity index (χ1) is 8.76. The lowest BCUT2D eigenvalue weighted by atomic mass is 9.65. The Bertz CT molecular complexity index is 353. The molecule has 2 bridgehead atoms. The third-order valence-corrected chi connectivity index (χ3v) is 4.88. The van der Waals surface area contributed by atoms with Gasteiger partial charge in [-0.05, 0) is 36.5 Å². The van der Waals surface area contributed by atoms with E-state index < -0.39 is 0 Å². The molecule has 0 aromatic carbocycles. The molecule has 1 heterocycles. The lowest BCUT2D eigenvalue weighted by molar-refractivity contribution is -0.133. The second-order valence-corrected chi connectivity index (χ2v) is 7.93. The SMILES string of the molecule is CCCCC(N)C(=O)N1CC2(C)CC1CC(C)(C)C2. The zero-order valence-electron chi connectivity index (χ0n) is 13.0. The van der Waals surface area contributed by atoms with E-state index in [1.54, 1.807) is 0 Å². The molecule has 1 amide bonds. The third-order valence-electron chi connectivity index (χ3n) is 4.88. The van der Waals surface area contributed by atoms with Crippen LogP contribution in [0.15, 0.2) is 0 Å². The van der Waals surface area contributed by atoms with Gasteiger partial charge < -0.3 is 10.6 Å². The molecule has 19 heavy (non-hydrogen) atoms. The van der Waals surface area contributed by atoms with E-state index in [-0.39, 0.29) is 11.9 Å². The van der Waals surface area contributed by atoms with Gasteiger partial charge in [-0.2, -0.15) is 0 Å². The molecule has 110 valence electrons. The topological polar surface area (TPSA) is 46.3 Å².